The first-order valence-electron chi connectivity index (χ1n) is 22.0. The van der Waals surface area contributed by atoms with E-state index in [4.69, 9.17) is 9.47 Å². The Kier molecular flexibility index (Phi) is 43.1. The van der Waals surface area contributed by atoms with Crippen LogP contribution in [0.4, 0.5) is 0 Å². The summed E-state index contributed by atoms with van der Waals surface area (Å²) in [6, 6.07) is 0. The van der Waals surface area contributed by atoms with E-state index in [0.717, 1.165) is 77.0 Å². The smallest absolute Gasteiger partial charge is 0.306 e. The molecule has 0 aromatic carbocycles. The lowest BCUT2D eigenvalue weighted by Gasteiger charge is -2.15. The molecule has 1 atom stereocenters. The van der Waals surface area contributed by atoms with Crippen LogP contribution in [0.3, 0.4) is 0 Å². The predicted molar refractivity (Wildman–Crippen MR) is 228 cm³/mol. The lowest BCUT2D eigenvalue weighted by molar-refractivity contribution is -0.154. The molecule has 0 radical (unpaired) electrons. The van der Waals surface area contributed by atoms with Crippen LogP contribution in [0.2, 0.25) is 0 Å². The van der Waals surface area contributed by atoms with Crippen LogP contribution < -0.4 is 0 Å². The fourth-order valence-electron chi connectivity index (χ4n) is 6.04. The van der Waals surface area contributed by atoms with Gasteiger partial charge in [0, 0.05) is 13.0 Å². The number of ether oxygens (including phenoxy) is 2. The highest BCUT2D eigenvalue weighted by Crippen LogP contribution is 2.14. The summed E-state index contributed by atoms with van der Waals surface area (Å²) >= 11 is 0. The van der Waals surface area contributed by atoms with Gasteiger partial charge in [-0.1, -0.05) is 202 Å². The molecule has 0 saturated carbocycles. The fraction of sp³-hybridized carbons (Fsp3) is 0.729. The maximum Gasteiger partial charge on any atom is 0.306 e. The van der Waals surface area contributed by atoms with Crippen LogP contribution in [0.5, 0.6) is 0 Å². The number of carbonyl (C=O) groups excluding carboxylic acids is 1. The van der Waals surface area contributed by atoms with Crippen LogP contribution in [0.15, 0.2) is 72.9 Å². The summed E-state index contributed by atoms with van der Waals surface area (Å²) in [5, 5.41) is 9.61. The van der Waals surface area contributed by atoms with Gasteiger partial charge in [0.25, 0.3) is 0 Å². The van der Waals surface area contributed by atoms with Gasteiger partial charge in [-0.05, 0) is 64.2 Å². The van der Waals surface area contributed by atoms with Gasteiger partial charge in [-0.25, -0.2) is 0 Å². The Hall–Kier alpha value is -2.17. The van der Waals surface area contributed by atoms with E-state index in [1.54, 1.807) is 0 Å². The number of rotatable bonds is 40. The molecule has 0 amide bonds. The largest absolute Gasteiger partial charge is 0.457 e. The second kappa shape index (κ2) is 45.0. The minimum Gasteiger partial charge on any atom is -0.457 e. The summed E-state index contributed by atoms with van der Waals surface area (Å²) in [7, 11) is 0. The molecule has 1 N–H and O–H groups in total. The summed E-state index contributed by atoms with van der Waals surface area (Å²) in [5.41, 5.74) is 0. The number of unbranched alkanes of at least 4 members (excludes halogenated alkanes) is 20. The first-order valence-corrected chi connectivity index (χ1v) is 22.0. The Morgan fingerprint density at radius 1 is 0.481 bits per heavy atom. The van der Waals surface area contributed by atoms with Crippen LogP contribution in [0.1, 0.15) is 200 Å². The molecule has 0 rings (SSSR count). The monoisotopic (exact) mass is 725 g/mol. The van der Waals surface area contributed by atoms with Crippen molar-refractivity contribution in [3.8, 4) is 0 Å². The van der Waals surface area contributed by atoms with E-state index < -0.39 is 6.10 Å². The molecule has 52 heavy (non-hydrogen) atoms. The average molecular weight is 725 g/mol. The van der Waals surface area contributed by atoms with Crippen molar-refractivity contribution >= 4 is 5.97 Å². The van der Waals surface area contributed by atoms with E-state index in [9.17, 15) is 9.90 Å². The Balaban J connectivity index is 3.52. The van der Waals surface area contributed by atoms with Crippen molar-refractivity contribution in [3.63, 3.8) is 0 Å². The molecule has 1 unspecified atom stereocenters. The van der Waals surface area contributed by atoms with Gasteiger partial charge >= 0.3 is 5.97 Å². The molecule has 0 bridgehead atoms. The molecule has 0 spiro atoms. The van der Waals surface area contributed by atoms with Gasteiger partial charge < -0.3 is 14.6 Å². The molecule has 0 aliphatic rings. The van der Waals surface area contributed by atoms with Crippen molar-refractivity contribution in [2.75, 3.05) is 19.8 Å². The zero-order valence-electron chi connectivity index (χ0n) is 34.3. The molecule has 0 saturated heterocycles. The van der Waals surface area contributed by atoms with Gasteiger partial charge in [0.1, 0.15) is 6.10 Å². The minimum atomic E-state index is -0.550. The third kappa shape index (κ3) is 42.2. The Morgan fingerprint density at radius 2 is 0.865 bits per heavy atom. The van der Waals surface area contributed by atoms with E-state index in [2.05, 4.69) is 86.8 Å². The number of carbonyl (C=O) groups is 1. The predicted octanol–water partition coefficient (Wildman–Crippen LogP) is 14.6. The molecule has 4 heteroatoms. The molecule has 300 valence electrons. The number of hydrogen-bond acceptors (Lipinski definition) is 4. The Bertz CT molecular complexity index is 896. The number of aliphatic hydroxyl groups excluding tert-OH is 1. The third-order valence-corrected chi connectivity index (χ3v) is 9.30. The molecule has 0 aliphatic carbocycles. The molecule has 0 aromatic rings. The summed E-state index contributed by atoms with van der Waals surface area (Å²) in [4.78, 5) is 12.2. The standard InChI is InChI=1S/C48H84O4/c1-3-5-7-9-11-13-15-17-19-21-22-23-24-25-26-27-29-31-33-35-37-39-41-43-48(50)52-47(45-49)46-51-44-42-40-38-36-34-32-30-28-20-18-16-14-12-10-8-6-4-2/h5,7,11,13,17,19,22-23,25-26,29,31,47,49H,3-4,6,8-10,12,14-16,18,20-21,24,27-28,30,32-46H2,1-2H3/b7-5-,13-11-,19-17-,23-22-,26-25-,31-29-. The summed E-state index contributed by atoms with van der Waals surface area (Å²) in [5.74, 6) is -0.225. The number of esters is 1. The fourth-order valence-corrected chi connectivity index (χ4v) is 6.04. The average Bonchev–Trinajstić information content (AvgIpc) is 3.15. The highest BCUT2D eigenvalue weighted by Gasteiger charge is 2.13. The number of hydrogen-bond donors (Lipinski definition) is 1. The summed E-state index contributed by atoms with van der Waals surface area (Å²) < 4.78 is 11.2. The number of allylic oxidation sites excluding steroid dienone is 12. The zero-order valence-corrected chi connectivity index (χ0v) is 34.3. The van der Waals surface area contributed by atoms with Crippen LogP contribution >= 0.6 is 0 Å². The maximum atomic E-state index is 12.2. The van der Waals surface area contributed by atoms with E-state index >= 15 is 0 Å². The molecule has 0 heterocycles. The third-order valence-electron chi connectivity index (χ3n) is 9.30. The van der Waals surface area contributed by atoms with E-state index in [1.807, 2.05) is 0 Å². The topological polar surface area (TPSA) is 55.8 Å². The van der Waals surface area contributed by atoms with Crippen molar-refractivity contribution < 1.29 is 19.4 Å². The first kappa shape index (κ1) is 49.8. The van der Waals surface area contributed by atoms with Crippen molar-refractivity contribution in [2.24, 2.45) is 0 Å². The summed E-state index contributed by atoms with van der Waals surface area (Å²) in [6.45, 7) is 5.22. The lowest BCUT2D eigenvalue weighted by Crippen LogP contribution is -2.27. The SMILES string of the molecule is CC/C=C\C/C=C\C/C=C\C/C=C\C/C=C\C/C=C\CCCCCCC(=O)OC(CO)COCCCCCCCCCCCCCCCCCCC. The highest BCUT2D eigenvalue weighted by molar-refractivity contribution is 5.69. The molecular formula is C48H84O4. The van der Waals surface area contributed by atoms with Crippen molar-refractivity contribution in [1.29, 1.82) is 0 Å². The van der Waals surface area contributed by atoms with Crippen molar-refractivity contribution in [3.05, 3.63) is 72.9 Å². The molecule has 0 aliphatic heterocycles. The van der Waals surface area contributed by atoms with Gasteiger partial charge in [-0.3, -0.25) is 4.79 Å². The van der Waals surface area contributed by atoms with Gasteiger partial charge in [0.15, 0.2) is 0 Å². The van der Waals surface area contributed by atoms with Crippen LogP contribution in [-0.4, -0.2) is 37.0 Å². The van der Waals surface area contributed by atoms with Crippen LogP contribution in [0, 0.1) is 0 Å². The molecular weight excluding hydrogens is 641 g/mol. The molecule has 0 fully saturated rings. The normalized spacial score (nSPS) is 13.1. The minimum absolute atomic E-state index is 0.184. The highest BCUT2D eigenvalue weighted by atomic mass is 16.6. The first-order chi connectivity index (χ1) is 25.7. The van der Waals surface area contributed by atoms with E-state index in [0.29, 0.717) is 13.0 Å². The van der Waals surface area contributed by atoms with Gasteiger partial charge in [0.2, 0.25) is 0 Å². The molecule has 4 nitrogen and oxygen atoms in total. The lowest BCUT2D eigenvalue weighted by atomic mass is 10.0. The van der Waals surface area contributed by atoms with Crippen molar-refractivity contribution in [1.82, 2.24) is 0 Å². The van der Waals surface area contributed by atoms with E-state index in [1.165, 1.54) is 103 Å². The second-order valence-corrected chi connectivity index (χ2v) is 14.4. The number of aliphatic hydroxyl groups is 1. The summed E-state index contributed by atoms with van der Waals surface area (Å²) in [6.07, 6.45) is 61.0. The Morgan fingerprint density at radius 3 is 1.31 bits per heavy atom. The van der Waals surface area contributed by atoms with Crippen molar-refractivity contribution in [2.45, 2.75) is 206 Å². The van der Waals surface area contributed by atoms with Gasteiger partial charge in [-0.2, -0.15) is 0 Å². The quantitative estimate of drug-likeness (QED) is 0.0388. The maximum absolute atomic E-state index is 12.2. The Labute approximate surface area is 323 Å². The van der Waals surface area contributed by atoms with Crippen LogP contribution in [0.25, 0.3) is 0 Å². The van der Waals surface area contributed by atoms with E-state index in [-0.39, 0.29) is 19.2 Å². The zero-order chi connectivity index (χ0) is 37.7. The van der Waals surface area contributed by atoms with Gasteiger partial charge in [-0.15, -0.1) is 0 Å². The second-order valence-electron chi connectivity index (χ2n) is 14.4. The van der Waals surface area contributed by atoms with Gasteiger partial charge in [0.05, 0.1) is 13.2 Å². The van der Waals surface area contributed by atoms with Crippen LogP contribution in [-0.2, 0) is 14.3 Å². The molecule has 0 aromatic heterocycles.